The summed E-state index contributed by atoms with van der Waals surface area (Å²) in [5.41, 5.74) is 9.00. The molecule has 0 atom stereocenters. The number of imidazole rings is 1. The van der Waals surface area contributed by atoms with Gasteiger partial charge in [-0.05, 0) is 95.4 Å². The van der Waals surface area contributed by atoms with Crippen LogP contribution < -0.4 is 0 Å². The first-order valence-corrected chi connectivity index (χ1v) is 12.1. The van der Waals surface area contributed by atoms with Gasteiger partial charge in [-0.2, -0.15) is 0 Å². The van der Waals surface area contributed by atoms with Crippen molar-refractivity contribution in [3.63, 3.8) is 0 Å². The number of benzene rings is 4. The van der Waals surface area contributed by atoms with Gasteiger partial charge in [-0.3, -0.25) is 0 Å². The van der Waals surface area contributed by atoms with Crippen LogP contribution in [0.3, 0.4) is 0 Å². The zero-order valence-electron chi connectivity index (χ0n) is 19.6. The molecule has 1 aliphatic carbocycles. The third-order valence-corrected chi connectivity index (χ3v) is 6.88. The topological polar surface area (TPSA) is 41.8 Å². The van der Waals surface area contributed by atoms with E-state index >= 15 is 0 Å². The summed E-state index contributed by atoms with van der Waals surface area (Å²) in [5, 5.41) is 0. The van der Waals surface area contributed by atoms with Crippen LogP contribution in [0, 0.1) is 11.6 Å². The Bertz CT molecular complexity index is 1700. The molecule has 0 amide bonds. The molecular formula is C32H20F2N2O. The molecule has 1 N–H and O–H groups in total. The molecule has 178 valence electrons. The Morgan fingerprint density at radius 2 is 1.27 bits per heavy atom. The predicted molar refractivity (Wildman–Crippen MR) is 141 cm³/mol. The number of rotatable bonds is 4. The molecular weight excluding hydrogens is 466 g/mol. The third-order valence-electron chi connectivity index (χ3n) is 6.88. The van der Waals surface area contributed by atoms with Gasteiger partial charge in [-0.1, -0.05) is 36.4 Å². The van der Waals surface area contributed by atoms with Gasteiger partial charge in [0.15, 0.2) is 11.6 Å². The Balaban J connectivity index is 1.29. The molecule has 0 saturated heterocycles. The van der Waals surface area contributed by atoms with Crippen molar-refractivity contribution in [2.75, 3.05) is 0 Å². The second-order valence-corrected chi connectivity index (χ2v) is 9.19. The quantitative estimate of drug-likeness (QED) is 0.271. The van der Waals surface area contributed by atoms with Crippen LogP contribution in [0.4, 0.5) is 8.78 Å². The molecule has 2 heterocycles. The van der Waals surface area contributed by atoms with Crippen LogP contribution in [0.1, 0.15) is 11.1 Å². The van der Waals surface area contributed by atoms with Crippen molar-refractivity contribution in [2.24, 2.45) is 0 Å². The smallest absolute Gasteiger partial charge is 0.174 e. The number of aromatic amines is 1. The molecule has 0 saturated carbocycles. The summed E-state index contributed by atoms with van der Waals surface area (Å²) in [6.07, 6.45) is 0.944. The minimum Gasteiger partial charge on any atom is -0.453 e. The summed E-state index contributed by atoms with van der Waals surface area (Å²) in [6.45, 7) is 0. The Hall–Kier alpha value is -4.77. The van der Waals surface area contributed by atoms with Crippen LogP contribution in [-0.2, 0) is 6.42 Å². The minimum absolute atomic E-state index is 0.320. The lowest BCUT2D eigenvalue weighted by Gasteiger charge is -2.04. The van der Waals surface area contributed by atoms with Gasteiger partial charge in [0.05, 0.1) is 11.4 Å². The predicted octanol–water partition coefficient (Wildman–Crippen LogP) is 8.52. The second kappa shape index (κ2) is 8.42. The lowest BCUT2D eigenvalue weighted by Crippen LogP contribution is -1.85. The van der Waals surface area contributed by atoms with Crippen LogP contribution in [-0.4, -0.2) is 9.97 Å². The monoisotopic (exact) mass is 486 g/mol. The van der Waals surface area contributed by atoms with Gasteiger partial charge in [-0.25, -0.2) is 13.8 Å². The fraction of sp³-hybridized carbons (Fsp3) is 0.0312. The molecule has 7 rings (SSSR count). The number of fused-ring (bicyclic) bond motifs is 3. The van der Waals surface area contributed by atoms with Gasteiger partial charge in [0.2, 0.25) is 0 Å². The standard InChI is InChI=1S/C32H20F2N2O/c33-24-11-7-19(8-12-24)30-31(20-9-13-25(34)14-10-20)36-32(35-30)29-16-15-28(37-29)23-6-5-22-17-21-3-1-2-4-26(21)27(22)18-23/h1-16,18H,17H2,(H,35,36). The molecule has 3 nitrogen and oxygen atoms in total. The molecule has 37 heavy (non-hydrogen) atoms. The largest absolute Gasteiger partial charge is 0.453 e. The van der Waals surface area contributed by atoms with E-state index in [1.54, 1.807) is 24.3 Å². The number of halogens is 2. The molecule has 4 aromatic carbocycles. The van der Waals surface area contributed by atoms with Crippen LogP contribution in [0.15, 0.2) is 108 Å². The summed E-state index contributed by atoms with van der Waals surface area (Å²) >= 11 is 0. The molecule has 2 aromatic heterocycles. The highest BCUT2D eigenvalue weighted by molar-refractivity contribution is 5.82. The van der Waals surface area contributed by atoms with E-state index in [0.29, 0.717) is 23.0 Å². The van der Waals surface area contributed by atoms with Crippen molar-refractivity contribution in [3.8, 4) is 56.6 Å². The Kier molecular flexibility index (Phi) is 4.89. The van der Waals surface area contributed by atoms with E-state index < -0.39 is 0 Å². The maximum absolute atomic E-state index is 13.6. The number of furan rings is 1. The highest BCUT2D eigenvalue weighted by Gasteiger charge is 2.21. The summed E-state index contributed by atoms with van der Waals surface area (Å²) in [5.74, 6) is 1.21. The van der Waals surface area contributed by atoms with Crippen molar-refractivity contribution in [1.82, 2.24) is 9.97 Å². The van der Waals surface area contributed by atoms with E-state index in [1.165, 1.54) is 46.5 Å². The van der Waals surface area contributed by atoms with Crippen LogP contribution in [0.2, 0.25) is 0 Å². The average molecular weight is 487 g/mol. The maximum atomic E-state index is 13.6. The Morgan fingerprint density at radius 3 is 2.05 bits per heavy atom. The maximum Gasteiger partial charge on any atom is 0.174 e. The first-order chi connectivity index (χ1) is 18.1. The van der Waals surface area contributed by atoms with Crippen LogP contribution in [0.5, 0.6) is 0 Å². The van der Waals surface area contributed by atoms with Crippen LogP contribution >= 0.6 is 0 Å². The molecule has 0 radical (unpaired) electrons. The van der Waals surface area contributed by atoms with Gasteiger partial charge in [0.25, 0.3) is 0 Å². The number of nitrogens with zero attached hydrogens (tertiary/aromatic N) is 1. The summed E-state index contributed by atoms with van der Waals surface area (Å²) in [6, 6.07) is 31.1. The summed E-state index contributed by atoms with van der Waals surface area (Å²) in [4.78, 5) is 8.15. The average Bonchev–Trinajstić information content (AvgIpc) is 3.66. The van der Waals surface area contributed by atoms with Crippen molar-refractivity contribution >= 4 is 0 Å². The molecule has 0 unspecified atom stereocenters. The van der Waals surface area contributed by atoms with Gasteiger partial charge >= 0.3 is 0 Å². The first kappa shape index (κ1) is 21.5. The zero-order valence-corrected chi connectivity index (χ0v) is 19.6. The molecule has 1 aliphatic rings. The lowest BCUT2D eigenvalue weighted by molar-refractivity contribution is 0.593. The second-order valence-electron chi connectivity index (χ2n) is 9.19. The molecule has 5 heteroatoms. The lowest BCUT2D eigenvalue weighted by atomic mass is 10.0. The normalized spacial score (nSPS) is 11.9. The number of H-pyrrole nitrogens is 1. The number of aromatic nitrogens is 2. The van der Waals surface area contributed by atoms with Crippen molar-refractivity contribution < 1.29 is 13.2 Å². The number of nitrogens with one attached hydrogen (secondary N) is 1. The van der Waals surface area contributed by atoms with E-state index in [0.717, 1.165) is 28.9 Å². The van der Waals surface area contributed by atoms with Gasteiger partial charge in [0, 0.05) is 16.7 Å². The third kappa shape index (κ3) is 3.76. The van der Waals surface area contributed by atoms with Gasteiger partial charge in [0.1, 0.15) is 17.4 Å². The summed E-state index contributed by atoms with van der Waals surface area (Å²) in [7, 11) is 0. The van der Waals surface area contributed by atoms with E-state index in [1.807, 2.05) is 12.1 Å². The molecule has 0 fully saturated rings. The van der Waals surface area contributed by atoms with E-state index in [4.69, 9.17) is 9.40 Å². The van der Waals surface area contributed by atoms with Gasteiger partial charge < -0.3 is 9.40 Å². The highest BCUT2D eigenvalue weighted by Crippen LogP contribution is 2.40. The fourth-order valence-electron chi connectivity index (χ4n) is 5.03. The molecule has 0 spiro atoms. The van der Waals surface area contributed by atoms with E-state index in [2.05, 4.69) is 47.4 Å². The first-order valence-electron chi connectivity index (χ1n) is 12.1. The van der Waals surface area contributed by atoms with E-state index in [-0.39, 0.29) is 11.6 Å². The van der Waals surface area contributed by atoms with Crippen molar-refractivity contribution in [3.05, 3.63) is 126 Å². The van der Waals surface area contributed by atoms with Crippen molar-refractivity contribution in [1.29, 1.82) is 0 Å². The minimum atomic E-state index is -0.324. The van der Waals surface area contributed by atoms with Gasteiger partial charge in [-0.15, -0.1) is 0 Å². The van der Waals surface area contributed by atoms with Crippen LogP contribution in [0.25, 0.3) is 56.6 Å². The molecule has 0 bridgehead atoms. The Morgan fingerprint density at radius 1 is 0.622 bits per heavy atom. The summed E-state index contributed by atoms with van der Waals surface area (Å²) < 4.78 is 33.4. The Labute approximate surface area is 212 Å². The van der Waals surface area contributed by atoms with Crippen molar-refractivity contribution in [2.45, 2.75) is 6.42 Å². The number of hydrogen-bond donors (Lipinski definition) is 1. The number of hydrogen-bond acceptors (Lipinski definition) is 2. The molecule has 6 aromatic rings. The SMILES string of the molecule is Fc1ccc(-c2nc(-c3ccc(-c4ccc5c(c4)-c4ccccc4C5)o3)[nH]c2-c2ccc(F)cc2)cc1. The zero-order chi connectivity index (χ0) is 24.9. The van der Waals surface area contributed by atoms with E-state index in [9.17, 15) is 8.78 Å². The fourth-order valence-corrected chi connectivity index (χ4v) is 5.03. The highest BCUT2D eigenvalue weighted by atomic mass is 19.1. The molecule has 0 aliphatic heterocycles.